The fraction of sp³-hybridized carbons (Fsp3) is 0.900. The second-order valence-corrected chi connectivity index (χ2v) is 4.06. The molecule has 14 heavy (non-hydrogen) atoms. The highest BCUT2D eigenvalue weighted by Crippen LogP contribution is 1.93. The van der Waals surface area contributed by atoms with Crippen LogP contribution >= 0.6 is 0 Å². The van der Waals surface area contributed by atoms with Gasteiger partial charge in [-0.05, 0) is 11.8 Å². The highest BCUT2D eigenvalue weighted by atomic mass is 16.5. The first-order valence-corrected chi connectivity index (χ1v) is 5.09. The third-order valence-electron chi connectivity index (χ3n) is 1.71. The number of ether oxygens (including phenoxy) is 1. The van der Waals surface area contributed by atoms with Crippen LogP contribution in [0.25, 0.3) is 0 Å². The Kier molecular flexibility index (Phi) is 7.20. The highest BCUT2D eigenvalue weighted by Gasteiger charge is 2.01. The van der Waals surface area contributed by atoms with Crippen molar-refractivity contribution in [1.29, 1.82) is 0 Å². The van der Waals surface area contributed by atoms with Crippen molar-refractivity contribution in [1.82, 2.24) is 5.32 Å². The number of hydrogen-bond donors (Lipinski definition) is 2. The van der Waals surface area contributed by atoms with Crippen molar-refractivity contribution in [3.63, 3.8) is 0 Å². The molecule has 0 aromatic carbocycles. The predicted octanol–water partition coefficient (Wildman–Crippen LogP) is 0.829. The fourth-order valence-corrected chi connectivity index (χ4v) is 0.959. The zero-order valence-electron chi connectivity index (χ0n) is 9.71. The van der Waals surface area contributed by atoms with Crippen LogP contribution < -0.4 is 11.1 Å². The second-order valence-electron chi connectivity index (χ2n) is 4.06. The van der Waals surface area contributed by atoms with Gasteiger partial charge < -0.3 is 15.8 Å². The van der Waals surface area contributed by atoms with Gasteiger partial charge >= 0.3 is 0 Å². The van der Waals surface area contributed by atoms with E-state index >= 15 is 0 Å². The Morgan fingerprint density at radius 3 is 2.57 bits per heavy atom. The third-order valence-corrected chi connectivity index (χ3v) is 1.71. The summed E-state index contributed by atoms with van der Waals surface area (Å²) in [4.78, 5) is 4.20. The molecule has 0 saturated carbocycles. The summed E-state index contributed by atoms with van der Waals surface area (Å²) < 4.78 is 5.01. The number of hydrogen-bond acceptors (Lipinski definition) is 2. The first kappa shape index (κ1) is 13.2. The molecule has 4 nitrogen and oxygen atoms in total. The van der Waals surface area contributed by atoms with Crippen LogP contribution in [0.1, 0.15) is 20.8 Å². The Bertz CT molecular complexity index is 169. The molecule has 0 saturated heterocycles. The monoisotopic (exact) mass is 201 g/mol. The van der Waals surface area contributed by atoms with Gasteiger partial charge in [0.15, 0.2) is 5.96 Å². The predicted molar refractivity (Wildman–Crippen MR) is 60.4 cm³/mol. The van der Waals surface area contributed by atoms with Crippen molar-refractivity contribution in [2.24, 2.45) is 22.6 Å². The van der Waals surface area contributed by atoms with Gasteiger partial charge in [-0.1, -0.05) is 20.8 Å². The standard InChI is InChI=1S/C10H23N3O/c1-8(2)5-12-10(11)13-6-9(3)7-14-4/h8-9H,5-7H2,1-4H3,(H3,11,12,13). The lowest BCUT2D eigenvalue weighted by Gasteiger charge is -2.12. The van der Waals surface area contributed by atoms with Crippen molar-refractivity contribution in [3.05, 3.63) is 0 Å². The van der Waals surface area contributed by atoms with Crippen LogP contribution in [0.3, 0.4) is 0 Å². The number of nitrogens with zero attached hydrogens (tertiary/aromatic N) is 1. The van der Waals surface area contributed by atoms with E-state index in [4.69, 9.17) is 10.5 Å². The molecular weight excluding hydrogens is 178 g/mol. The molecule has 0 radical (unpaired) electrons. The zero-order valence-corrected chi connectivity index (χ0v) is 9.71. The van der Waals surface area contributed by atoms with Crippen LogP contribution in [0.5, 0.6) is 0 Å². The summed E-state index contributed by atoms with van der Waals surface area (Å²) >= 11 is 0. The molecule has 0 rings (SSSR count). The van der Waals surface area contributed by atoms with E-state index < -0.39 is 0 Å². The number of methoxy groups -OCH3 is 1. The molecule has 0 aromatic heterocycles. The molecule has 84 valence electrons. The van der Waals surface area contributed by atoms with Gasteiger partial charge in [-0.25, -0.2) is 0 Å². The average Bonchev–Trinajstić information content (AvgIpc) is 2.12. The van der Waals surface area contributed by atoms with Gasteiger partial charge in [-0.2, -0.15) is 0 Å². The van der Waals surface area contributed by atoms with Crippen molar-refractivity contribution >= 4 is 5.96 Å². The van der Waals surface area contributed by atoms with Gasteiger partial charge in [0, 0.05) is 20.2 Å². The smallest absolute Gasteiger partial charge is 0.188 e. The molecule has 4 heteroatoms. The van der Waals surface area contributed by atoms with E-state index in [9.17, 15) is 0 Å². The number of nitrogens with one attached hydrogen (secondary N) is 1. The summed E-state index contributed by atoms with van der Waals surface area (Å²) in [6.07, 6.45) is 0. The molecule has 0 fully saturated rings. The Hall–Kier alpha value is -0.770. The summed E-state index contributed by atoms with van der Waals surface area (Å²) in [5, 5.41) is 3.07. The summed E-state index contributed by atoms with van der Waals surface area (Å²) in [5.41, 5.74) is 5.66. The van der Waals surface area contributed by atoms with Crippen LogP contribution in [0, 0.1) is 11.8 Å². The molecule has 0 heterocycles. The first-order chi connectivity index (χ1) is 6.56. The van der Waals surface area contributed by atoms with E-state index in [1.807, 2.05) is 0 Å². The van der Waals surface area contributed by atoms with Gasteiger partial charge in [0.05, 0.1) is 6.61 Å². The Balaban J connectivity index is 3.61. The lowest BCUT2D eigenvalue weighted by molar-refractivity contribution is 0.161. The van der Waals surface area contributed by atoms with Crippen molar-refractivity contribution in [2.45, 2.75) is 20.8 Å². The largest absolute Gasteiger partial charge is 0.384 e. The maximum Gasteiger partial charge on any atom is 0.188 e. The fourth-order valence-electron chi connectivity index (χ4n) is 0.959. The summed E-state index contributed by atoms with van der Waals surface area (Å²) in [6.45, 7) is 8.66. The summed E-state index contributed by atoms with van der Waals surface area (Å²) in [6, 6.07) is 0. The molecule has 1 atom stereocenters. The minimum atomic E-state index is 0.452. The molecule has 0 aromatic rings. The lowest BCUT2D eigenvalue weighted by Crippen LogP contribution is -2.36. The topological polar surface area (TPSA) is 59.6 Å². The van der Waals surface area contributed by atoms with Crippen molar-refractivity contribution in [3.8, 4) is 0 Å². The quantitative estimate of drug-likeness (QED) is 0.494. The zero-order chi connectivity index (χ0) is 11.0. The number of aliphatic imine (C=N–C) groups is 1. The molecule has 3 N–H and O–H groups in total. The molecule has 0 aliphatic carbocycles. The Labute approximate surface area is 86.9 Å². The molecule has 0 bridgehead atoms. The van der Waals surface area contributed by atoms with Crippen LogP contribution in [-0.2, 0) is 4.74 Å². The maximum atomic E-state index is 5.66. The molecular formula is C10H23N3O. The van der Waals surface area contributed by atoms with Crippen LogP contribution in [0.2, 0.25) is 0 Å². The lowest BCUT2D eigenvalue weighted by atomic mass is 10.2. The van der Waals surface area contributed by atoms with Crippen molar-refractivity contribution < 1.29 is 4.74 Å². The Morgan fingerprint density at radius 2 is 2.07 bits per heavy atom. The molecule has 0 aliphatic heterocycles. The summed E-state index contributed by atoms with van der Waals surface area (Å²) in [7, 11) is 1.70. The van der Waals surface area contributed by atoms with Gasteiger partial charge in [0.2, 0.25) is 0 Å². The minimum absolute atomic E-state index is 0.452. The number of guanidine groups is 1. The molecule has 0 amide bonds. The Morgan fingerprint density at radius 1 is 1.43 bits per heavy atom. The van der Waals surface area contributed by atoms with Crippen molar-refractivity contribution in [2.75, 3.05) is 26.8 Å². The molecule has 0 aliphatic rings. The third kappa shape index (κ3) is 7.86. The van der Waals surface area contributed by atoms with Crippen LogP contribution in [0.15, 0.2) is 4.99 Å². The number of nitrogens with two attached hydrogens (primary N) is 1. The first-order valence-electron chi connectivity index (χ1n) is 5.09. The minimum Gasteiger partial charge on any atom is -0.384 e. The van der Waals surface area contributed by atoms with E-state index in [0.717, 1.165) is 19.7 Å². The van der Waals surface area contributed by atoms with E-state index in [0.29, 0.717) is 17.8 Å². The second kappa shape index (κ2) is 7.62. The van der Waals surface area contributed by atoms with Gasteiger partial charge in [-0.3, -0.25) is 4.99 Å². The van der Waals surface area contributed by atoms with E-state index in [-0.39, 0.29) is 0 Å². The van der Waals surface area contributed by atoms with E-state index in [1.165, 1.54) is 0 Å². The van der Waals surface area contributed by atoms with Gasteiger partial charge in [-0.15, -0.1) is 0 Å². The number of rotatable bonds is 6. The summed E-state index contributed by atoms with van der Waals surface area (Å²) in [5.74, 6) is 1.53. The van der Waals surface area contributed by atoms with E-state index in [1.54, 1.807) is 7.11 Å². The van der Waals surface area contributed by atoms with Gasteiger partial charge in [0.25, 0.3) is 0 Å². The average molecular weight is 201 g/mol. The van der Waals surface area contributed by atoms with Crippen LogP contribution in [-0.4, -0.2) is 32.8 Å². The SMILES string of the molecule is COCC(C)CNC(N)=NCC(C)C. The maximum absolute atomic E-state index is 5.66. The van der Waals surface area contributed by atoms with Gasteiger partial charge in [0.1, 0.15) is 0 Å². The highest BCUT2D eigenvalue weighted by molar-refractivity contribution is 5.77. The van der Waals surface area contributed by atoms with E-state index in [2.05, 4.69) is 31.1 Å². The normalized spacial score (nSPS) is 14.5. The molecule has 1 unspecified atom stereocenters. The molecule has 0 spiro atoms. The van der Waals surface area contributed by atoms with Crippen LogP contribution in [0.4, 0.5) is 0 Å².